The fourth-order valence-corrected chi connectivity index (χ4v) is 2.91. The quantitative estimate of drug-likeness (QED) is 0.824. The van der Waals surface area contributed by atoms with Crippen LogP contribution in [0.5, 0.6) is 0 Å². The molecule has 122 valence electrons. The molecule has 1 unspecified atom stereocenters. The van der Waals surface area contributed by atoms with Crippen molar-refractivity contribution in [2.24, 2.45) is 5.41 Å². The van der Waals surface area contributed by atoms with Crippen LogP contribution < -0.4 is 10.6 Å². The lowest BCUT2D eigenvalue weighted by atomic mass is 9.92. The van der Waals surface area contributed by atoms with Crippen LogP contribution in [-0.4, -0.2) is 17.7 Å². The molecule has 1 aromatic carbocycles. The predicted molar refractivity (Wildman–Crippen MR) is 91.3 cm³/mol. The monoisotopic (exact) mass is 304 g/mol. The standard InChI is InChI=1S/C18H28N2O2/c1-17(2,3)22-16(21)20-15-9-7-6-8-14(15)19-13-10-11-18(4,5)12-13/h6-9,13,19H,10-12H2,1-5H3,(H,20,21). The third kappa shape index (κ3) is 4.93. The van der Waals surface area contributed by atoms with E-state index in [9.17, 15) is 4.79 Å². The molecule has 0 saturated heterocycles. The summed E-state index contributed by atoms with van der Waals surface area (Å²) in [6.45, 7) is 10.2. The third-order valence-corrected chi connectivity index (χ3v) is 3.89. The van der Waals surface area contributed by atoms with E-state index in [1.54, 1.807) is 0 Å². The number of carbonyl (C=O) groups is 1. The minimum absolute atomic E-state index is 0.394. The zero-order valence-electron chi connectivity index (χ0n) is 14.3. The lowest BCUT2D eigenvalue weighted by Gasteiger charge is -2.22. The van der Waals surface area contributed by atoms with Crippen LogP contribution in [0.15, 0.2) is 24.3 Å². The van der Waals surface area contributed by atoms with Crippen molar-refractivity contribution in [2.75, 3.05) is 10.6 Å². The molecule has 1 saturated carbocycles. The van der Waals surface area contributed by atoms with Gasteiger partial charge in [-0.25, -0.2) is 4.79 Å². The second-order valence-corrected chi connectivity index (χ2v) is 7.92. The fourth-order valence-electron chi connectivity index (χ4n) is 2.91. The van der Waals surface area contributed by atoms with Crippen LogP contribution in [0.25, 0.3) is 0 Å². The zero-order valence-corrected chi connectivity index (χ0v) is 14.3. The predicted octanol–water partition coefficient (Wildman–Crippen LogP) is 5.02. The van der Waals surface area contributed by atoms with Gasteiger partial charge >= 0.3 is 6.09 Å². The number of rotatable bonds is 3. The number of amides is 1. The van der Waals surface area contributed by atoms with Gasteiger partial charge in [-0.1, -0.05) is 26.0 Å². The molecule has 1 atom stereocenters. The summed E-state index contributed by atoms with van der Waals surface area (Å²) in [4.78, 5) is 12.0. The molecule has 0 heterocycles. The molecule has 4 heteroatoms. The Morgan fingerprint density at radius 1 is 1.23 bits per heavy atom. The lowest BCUT2D eigenvalue weighted by molar-refractivity contribution is 0.0636. The number of anilines is 2. The number of para-hydroxylation sites is 2. The Labute approximate surface area is 133 Å². The first-order chi connectivity index (χ1) is 10.1. The molecule has 0 spiro atoms. The SMILES string of the molecule is CC1(C)CCC(Nc2ccccc2NC(=O)OC(C)(C)C)C1. The van der Waals surface area contributed by atoms with E-state index in [2.05, 4.69) is 24.5 Å². The summed E-state index contributed by atoms with van der Waals surface area (Å²) in [7, 11) is 0. The molecule has 2 rings (SSSR count). The maximum absolute atomic E-state index is 12.0. The van der Waals surface area contributed by atoms with Crippen molar-refractivity contribution in [2.45, 2.75) is 65.5 Å². The van der Waals surface area contributed by atoms with Crippen LogP contribution in [0, 0.1) is 5.41 Å². The van der Waals surface area contributed by atoms with E-state index in [-0.39, 0.29) is 0 Å². The van der Waals surface area contributed by atoms with E-state index >= 15 is 0 Å². The van der Waals surface area contributed by atoms with E-state index in [0.717, 1.165) is 24.2 Å². The fraction of sp³-hybridized carbons (Fsp3) is 0.611. The van der Waals surface area contributed by atoms with Gasteiger partial charge in [-0.15, -0.1) is 0 Å². The number of hydrogen-bond donors (Lipinski definition) is 2. The van der Waals surface area contributed by atoms with Crippen LogP contribution >= 0.6 is 0 Å². The van der Waals surface area contributed by atoms with Gasteiger partial charge in [-0.2, -0.15) is 0 Å². The normalized spacial score (nSPS) is 20.5. The first-order valence-electron chi connectivity index (χ1n) is 8.00. The van der Waals surface area contributed by atoms with Gasteiger partial charge in [-0.05, 0) is 57.6 Å². The highest BCUT2D eigenvalue weighted by Crippen LogP contribution is 2.39. The molecule has 1 aromatic rings. The van der Waals surface area contributed by atoms with Gasteiger partial charge in [0, 0.05) is 6.04 Å². The highest BCUT2D eigenvalue weighted by Gasteiger charge is 2.31. The largest absolute Gasteiger partial charge is 0.444 e. The van der Waals surface area contributed by atoms with Crippen molar-refractivity contribution in [3.8, 4) is 0 Å². The van der Waals surface area contributed by atoms with Crippen LogP contribution in [-0.2, 0) is 4.74 Å². The number of nitrogens with one attached hydrogen (secondary N) is 2. The van der Waals surface area contributed by atoms with E-state index in [0.29, 0.717) is 11.5 Å². The van der Waals surface area contributed by atoms with E-state index in [1.807, 2.05) is 45.0 Å². The molecule has 22 heavy (non-hydrogen) atoms. The van der Waals surface area contributed by atoms with E-state index < -0.39 is 11.7 Å². The number of benzene rings is 1. The summed E-state index contributed by atoms with van der Waals surface area (Å²) in [6, 6.07) is 8.24. The van der Waals surface area contributed by atoms with E-state index in [4.69, 9.17) is 4.74 Å². The topological polar surface area (TPSA) is 50.4 Å². The second kappa shape index (κ2) is 6.19. The zero-order chi connectivity index (χ0) is 16.4. The minimum Gasteiger partial charge on any atom is -0.444 e. The van der Waals surface area contributed by atoms with Crippen LogP contribution in [0.1, 0.15) is 53.9 Å². The van der Waals surface area contributed by atoms with Crippen LogP contribution in [0.4, 0.5) is 16.2 Å². The first kappa shape index (κ1) is 16.7. The Hall–Kier alpha value is -1.71. The molecule has 0 radical (unpaired) electrons. The summed E-state index contributed by atoms with van der Waals surface area (Å²) in [5, 5.41) is 6.40. The molecule has 4 nitrogen and oxygen atoms in total. The Morgan fingerprint density at radius 3 is 2.41 bits per heavy atom. The number of hydrogen-bond acceptors (Lipinski definition) is 3. The maximum Gasteiger partial charge on any atom is 0.412 e. The highest BCUT2D eigenvalue weighted by atomic mass is 16.6. The molecule has 1 fully saturated rings. The van der Waals surface area contributed by atoms with E-state index in [1.165, 1.54) is 6.42 Å². The summed E-state index contributed by atoms with van der Waals surface area (Å²) >= 11 is 0. The maximum atomic E-state index is 12.0. The van der Waals surface area contributed by atoms with Gasteiger partial charge in [0.15, 0.2) is 0 Å². The number of ether oxygens (including phenoxy) is 1. The van der Waals surface area contributed by atoms with Gasteiger partial charge in [0.2, 0.25) is 0 Å². The molecule has 2 N–H and O–H groups in total. The average Bonchev–Trinajstić information content (AvgIpc) is 2.69. The lowest BCUT2D eigenvalue weighted by Crippen LogP contribution is -2.27. The molecular weight excluding hydrogens is 276 g/mol. The van der Waals surface area contributed by atoms with Crippen molar-refractivity contribution >= 4 is 17.5 Å². The van der Waals surface area contributed by atoms with Gasteiger partial charge < -0.3 is 10.1 Å². The smallest absolute Gasteiger partial charge is 0.412 e. The average molecular weight is 304 g/mol. The second-order valence-electron chi connectivity index (χ2n) is 7.92. The molecule has 0 aromatic heterocycles. The van der Waals surface area contributed by atoms with Crippen molar-refractivity contribution in [3.05, 3.63) is 24.3 Å². The molecular formula is C18H28N2O2. The Bertz CT molecular complexity index is 532. The molecule has 1 amide bonds. The van der Waals surface area contributed by atoms with Crippen molar-refractivity contribution in [1.29, 1.82) is 0 Å². The third-order valence-electron chi connectivity index (χ3n) is 3.89. The Balaban J connectivity index is 2.03. The summed E-state index contributed by atoms with van der Waals surface area (Å²) in [5.41, 5.74) is 1.62. The van der Waals surface area contributed by atoms with Crippen molar-refractivity contribution in [3.63, 3.8) is 0 Å². The molecule has 0 aliphatic heterocycles. The summed E-state index contributed by atoms with van der Waals surface area (Å²) in [5.74, 6) is 0. The molecule has 1 aliphatic rings. The van der Waals surface area contributed by atoms with Crippen LogP contribution in [0.2, 0.25) is 0 Å². The first-order valence-corrected chi connectivity index (χ1v) is 8.00. The highest BCUT2D eigenvalue weighted by molar-refractivity contribution is 5.89. The van der Waals surface area contributed by atoms with Crippen LogP contribution in [0.3, 0.4) is 0 Å². The van der Waals surface area contributed by atoms with Gasteiger partial charge in [-0.3, -0.25) is 5.32 Å². The number of carbonyl (C=O) groups excluding carboxylic acids is 1. The summed E-state index contributed by atoms with van der Waals surface area (Å²) in [6.07, 6.45) is 3.11. The Kier molecular flexibility index (Phi) is 4.69. The van der Waals surface area contributed by atoms with Crippen molar-refractivity contribution < 1.29 is 9.53 Å². The van der Waals surface area contributed by atoms with Gasteiger partial charge in [0.05, 0.1) is 11.4 Å². The van der Waals surface area contributed by atoms with Crippen molar-refractivity contribution in [1.82, 2.24) is 0 Å². The molecule has 1 aliphatic carbocycles. The minimum atomic E-state index is -0.498. The van der Waals surface area contributed by atoms with Gasteiger partial charge in [0.25, 0.3) is 0 Å². The Morgan fingerprint density at radius 2 is 1.86 bits per heavy atom. The summed E-state index contributed by atoms with van der Waals surface area (Å²) < 4.78 is 5.32. The van der Waals surface area contributed by atoms with Gasteiger partial charge in [0.1, 0.15) is 5.60 Å². The molecule has 0 bridgehead atoms.